The first kappa shape index (κ1) is 14.9. The van der Waals surface area contributed by atoms with Gasteiger partial charge < -0.3 is 4.74 Å². The summed E-state index contributed by atoms with van der Waals surface area (Å²) < 4.78 is 5.74. The van der Waals surface area contributed by atoms with Gasteiger partial charge in [-0.1, -0.05) is 53.5 Å². The first-order valence-corrected chi connectivity index (χ1v) is 7.56. The van der Waals surface area contributed by atoms with E-state index in [4.69, 9.17) is 27.9 Å². The van der Waals surface area contributed by atoms with Gasteiger partial charge in [-0.15, -0.1) is 0 Å². The van der Waals surface area contributed by atoms with Crippen LogP contribution in [0.5, 0.6) is 5.75 Å². The Morgan fingerprint density at radius 1 is 0.909 bits per heavy atom. The highest BCUT2D eigenvalue weighted by Gasteiger charge is 2.08. The first-order chi connectivity index (χ1) is 10.7. The molecule has 0 amide bonds. The number of benzene rings is 2. The molecule has 0 aliphatic heterocycles. The van der Waals surface area contributed by atoms with Crippen LogP contribution in [0.15, 0.2) is 67.0 Å². The molecule has 2 aromatic carbocycles. The number of pyridine rings is 1. The van der Waals surface area contributed by atoms with Crippen LogP contribution in [0.2, 0.25) is 10.0 Å². The van der Waals surface area contributed by atoms with Crippen LogP contribution >= 0.6 is 23.2 Å². The van der Waals surface area contributed by atoms with E-state index in [1.807, 2.05) is 48.5 Å². The van der Waals surface area contributed by atoms with Crippen LogP contribution in [0.3, 0.4) is 0 Å². The molecule has 1 heterocycles. The molecular weight excluding hydrogens is 317 g/mol. The summed E-state index contributed by atoms with van der Waals surface area (Å²) >= 11 is 12.3. The number of hydrogen-bond donors (Lipinski definition) is 0. The SMILES string of the molecule is Clc1cccc(-c2cncc(COc3ccccc3)c2)c1Cl. The summed E-state index contributed by atoms with van der Waals surface area (Å²) in [4.78, 5) is 4.26. The number of halogens is 2. The van der Waals surface area contributed by atoms with Crippen LogP contribution in [-0.2, 0) is 6.61 Å². The zero-order chi connectivity index (χ0) is 15.4. The van der Waals surface area contributed by atoms with Crippen molar-refractivity contribution in [3.05, 3.63) is 82.6 Å². The Bertz CT molecular complexity index is 775. The molecule has 0 aliphatic carbocycles. The topological polar surface area (TPSA) is 22.1 Å². The minimum absolute atomic E-state index is 0.447. The van der Waals surface area contributed by atoms with Gasteiger partial charge >= 0.3 is 0 Å². The van der Waals surface area contributed by atoms with Crippen molar-refractivity contribution in [2.24, 2.45) is 0 Å². The van der Waals surface area contributed by atoms with Crippen molar-refractivity contribution in [3.63, 3.8) is 0 Å². The highest BCUT2D eigenvalue weighted by atomic mass is 35.5. The first-order valence-electron chi connectivity index (χ1n) is 6.80. The average Bonchev–Trinajstić information content (AvgIpc) is 2.57. The predicted octanol–water partition coefficient (Wildman–Crippen LogP) is 5.63. The zero-order valence-corrected chi connectivity index (χ0v) is 13.2. The molecule has 0 spiro atoms. The number of nitrogens with zero attached hydrogens (tertiary/aromatic N) is 1. The Kier molecular flexibility index (Phi) is 4.62. The van der Waals surface area contributed by atoms with Crippen molar-refractivity contribution in [1.82, 2.24) is 4.98 Å². The lowest BCUT2D eigenvalue weighted by Crippen LogP contribution is -1.96. The van der Waals surface area contributed by atoms with Gasteiger partial charge in [-0.3, -0.25) is 4.98 Å². The molecule has 0 atom stereocenters. The molecule has 3 rings (SSSR count). The molecule has 4 heteroatoms. The van der Waals surface area contributed by atoms with Crippen molar-refractivity contribution in [2.75, 3.05) is 0 Å². The molecule has 110 valence electrons. The minimum Gasteiger partial charge on any atom is -0.489 e. The second kappa shape index (κ2) is 6.82. The Labute approximate surface area is 139 Å². The quantitative estimate of drug-likeness (QED) is 0.618. The number of aromatic nitrogens is 1. The lowest BCUT2D eigenvalue weighted by atomic mass is 10.1. The molecule has 0 N–H and O–H groups in total. The molecule has 0 aliphatic rings. The van der Waals surface area contributed by atoms with Gasteiger partial charge in [0, 0.05) is 29.1 Å². The summed E-state index contributed by atoms with van der Waals surface area (Å²) in [5.74, 6) is 0.827. The van der Waals surface area contributed by atoms with Gasteiger partial charge in [-0.2, -0.15) is 0 Å². The molecule has 22 heavy (non-hydrogen) atoms. The van der Waals surface area contributed by atoms with Crippen LogP contribution in [0.4, 0.5) is 0 Å². The van der Waals surface area contributed by atoms with E-state index < -0.39 is 0 Å². The zero-order valence-electron chi connectivity index (χ0n) is 11.7. The summed E-state index contributed by atoms with van der Waals surface area (Å²) in [5, 5.41) is 1.07. The third-order valence-corrected chi connectivity index (χ3v) is 4.03. The van der Waals surface area contributed by atoms with Gasteiger partial charge in [0.15, 0.2) is 0 Å². The molecular formula is C18H13Cl2NO. The maximum atomic E-state index is 6.26. The number of hydrogen-bond acceptors (Lipinski definition) is 2. The van der Waals surface area contributed by atoms with Crippen LogP contribution in [0, 0.1) is 0 Å². The van der Waals surface area contributed by atoms with Crippen LogP contribution in [0.25, 0.3) is 11.1 Å². The maximum absolute atomic E-state index is 6.26. The van der Waals surface area contributed by atoms with Crippen molar-refractivity contribution in [1.29, 1.82) is 0 Å². The van der Waals surface area contributed by atoms with E-state index in [-0.39, 0.29) is 0 Å². The van der Waals surface area contributed by atoms with Crippen LogP contribution < -0.4 is 4.74 Å². The van der Waals surface area contributed by atoms with E-state index >= 15 is 0 Å². The second-order valence-corrected chi connectivity index (χ2v) is 5.57. The molecule has 0 saturated heterocycles. The Hall–Kier alpha value is -2.03. The standard InChI is InChI=1S/C18H13Cl2NO/c19-17-8-4-7-16(18(17)20)14-9-13(10-21-11-14)12-22-15-5-2-1-3-6-15/h1-11H,12H2. The monoisotopic (exact) mass is 329 g/mol. The van der Waals surface area contributed by atoms with E-state index in [9.17, 15) is 0 Å². The van der Waals surface area contributed by atoms with E-state index in [0.29, 0.717) is 16.7 Å². The number of ether oxygens (including phenoxy) is 1. The smallest absolute Gasteiger partial charge is 0.119 e. The number of para-hydroxylation sites is 1. The van der Waals surface area contributed by atoms with Gasteiger partial charge in [-0.05, 0) is 24.3 Å². The van der Waals surface area contributed by atoms with Gasteiger partial charge in [-0.25, -0.2) is 0 Å². The molecule has 3 aromatic rings. The summed E-state index contributed by atoms with van der Waals surface area (Å²) in [7, 11) is 0. The predicted molar refractivity (Wildman–Crippen MR) is 90.5 cm³/mol. The molecule has 2 nitrogen and oxygen atoms in total. The van der Waals surface area contributed by atoms with Crippen molar-refractivity contribution in [3.8, 4) is 16.9 Å². The fourth-order valence-corrected chi connectivity index (χ4v) is 2.53. The third-order valence-electron chi connectivity index (χ3n) is 3.21. The third kappa shape index (κ3) is 3.41. The lowest BCUT2D eigenvalue weighted by Gasteiger charge is -2.09. The molecule has 0 saturated carbocycles. The summed E-state index contributed by atoms with van der Waals surface area (Å²) in [5.41, 5.74) is 2.75. The van der Waals surface area contributed by atoms with Crippen molar-refractivity contribution >= 4 is 23.2 Å². The highest BCUT2D eigenvalue weighted by molar-refractivity contribution is 6.43. The van der Waals surface area contributed by atoms with Crippen LogP contribution in [-0.4, -0.2) is 4.98 Å². The van der Waals surface area contributed by atoms with Gasteiger partial charge in [0.05, 0.1) is 10.0 Å². The van der Waals surface area contributed by atoms with E-state index in [2.05, 4.69) is 4.98 Å². The van der Waals surface area contributed by atoms with E-state index in [0.717, 1.165) is 22.4 Å². The van der Waals surface area contributed by atoms with Gasteiger partial charge in [0.25, 0.3) is 0 Å². The van der Waals surface area contributed by atoms with Gasteiger partial charge in [0.1, 0.15) is 12.4 Å². The summed E-state index contributed by atoms with van der Waals surface area (Å²) in [6.07, 6.45) is 3.55. The minimum atomic E-state index is 0.447. The van der Waals surface area contributed by atoms with Crippen LogP contribution in [0.1, 0.15) is 5.56 Å². The second-order valence-electron chi connectivity index (χ2n) is 4.78. The van der Waals surface area contributed by atoms with E-state index in [1.54, 1.807) is 18.5 Å². The van der Waals surface area contributed by atoms with E-state index in [1.165, 1.54) is 0 Å². The molecule has 0 fully saturated rings. The fraction of sp³-hybridized carbons (Fsp3) is 0.0556. The van der Waals surface area contributed by atoms with Crippen molar-refractivity contribution in [2.45, 2.75) is 6.61 Å². The van der Waals surface area contributed by atoms with Crippen molar-refractivity contribution < 1.29 is 4.74 Å². The Morgan fingerprint density at radius 3 is 2.55 bits per heavy atom. The largest absolute Gasteiger partial charge is 0.489 e. The maximum Gasteiger partial charge on any atom is 0.119 e. The molecule has 0 radical (unpaired) electrons. The summed E-state index contributed by atoms with van der Waals surface area (Å²) in [6.45, 7) is 0.447. The average molecular weight is 330 g/mol. The van der Waals surface area contributed by atoms with Gasteiger partial charge in [0.2, 0.25) is 0 Å². The number of rotatable bonds is 4. The lowest BCUT2D eigenvalue weighted by molar-refractivity contribution is 0.306. The molecule has 1 aromatic heterocycles. The highest BCUT2D eigenvalue weighted by Crippen LogP contribution is 2.33. The normalized spacial score (nSPS) is 10.5. The Balaban J connectivity index is 1.82. The Morgan fingerprint density at radius 2 is 1.73 bits per heavy atom. The summed E-state index contributed by atoms with van der Waals surface area (Å²) in [6, 6.07) is 17.2. The fourth-order valence-electron chi connectivity index (χ4n) is 2.12. The molecule has 0 bridgehead atoms. The molecule has 0 unspecified atom stereocenters.